The number of aromatic nitrogens is 1. The molecule has 3 nitrogen and oxygen atoms in total. The van der Waals surface area contributed by atoms with E-state index in [2.05, 4.69) is 77.0 Å². The number of hydrogen-bond donors (Lipinski definition) is 1. The molecule has 1 aliphatic carbocycles. The predicted molar refractivity (Wildman–Crippen MR) is 124 cm³/mol. The van der Waals surface area contributed by atoms with E-state index >= 15 is 0 Å². The Bertz CT molecular complexity index is 1330. The highest BCUT2D eigenvalue weighted by atomic mass is 16.1. The molecule has 0 saturated carbocycles. The Hall–Kier alpha value is -3.72. The predicted octanol–water partition coefficient (Wildman–Crippen LogP) is 6.19. The van der Waals surface area contributed by atoms with Gasteiger partial charge in [0.15, 0.2) is 5.78 Å². The summed E-state index contributed by atoms with van der Waals surface area (Å²) in [6.45, 7) is 0. The smallest absolute Gasteiger partial charge is 0.162 e. The van der Waals surface area contributed by atoms with Crippen molar-refractivity contribution in [2.45, 2.75) is 24.7 Å². The van der Waals surface area contributed by atoms with Crippen molar-refractivity contribution in [2.24, 2.45) is 0 Å². The summed E-state index contributed by atoms with van der Waals surface area (Å²) in [7, 11) is 0. The van der Waals surface area contributed by atoms with Crippen molar-refractivity contribution in [3.05, 3.63) is 119 Å². The van der Waals surface area contributed by atoms with Crippen molar-refractivity contribution in [3.63, 3.8) is 0 Å². The maximum atomic E-state index is 13.6. The molecule has 6 rings (SSSR count). The van der Waals surface area contributed by atoms with Crippen LogP contribution in [0.4, 0.5) is 5.69 Å². The number of carbonyl (C=O) groups is 1. The lowest BCUT2D eigenvalue weighted by Crippen LogP contribution is -2.30. The molecule has 0 unspecified atom stereocenters. The maximum Gasteiger partial charge on any atom is 0.162 e. The first kappa shape index (κ1) is 18.1. The summed E-state index contributed by atoms with van der Waals surface area (Å²) >= 11 is 0. The lowest BCUT2D eigenvalue weighted by atomic mass is 9.71. The number of nitrogens with zero attached hydrogens (tertiary/aromatic N) is 1. The summed E-state index contributed by atoms with van der Waals surface area (Å²) in [5.41, 5.74) is 7.56. The van der Waals surface area contributed by atoms with Crippen LogP contribution in [0.5, 0.6) is 0 Å². The minimum Gasteiger partial charge on any atom is -0.358 e. The minimum atomic E-state index is -0.0791. The van der Waals surface area contributed by atoms with Crippen LogP contribution in [-0.4, -0.2) is 10.8 Å². The van der Waals surface area contributed by atoms with Crippen molar-refractivity contribution in [3.8, 4) is 0 Å². The minimum absolute atomic E-state index is 0.0791. The second-order valence-electron chi connectivity index (χ2n) is 8.40. The Labute approximate surface area is 181 Å². The SMILES string of the molecule is O=C1C[C@@H](c2ccccc2)CC2=C1[C@H](c1ccccc1)c1c(ccc3ncccc13)N2. The average molecular weight is 402 g/mol. The monoisotopic (exact) mass is 402 g/mol. The van der Waals surface area contributed by atoms with Gasteiger partial charge in [0, 0.05) is 40.9 Å². The number of allylic oxidation sites excluding steroid dienone is 2. The molecule has 1 aliphatic heterocycles. The zero-order chi connectivity index (χ0) is 20.8. The Balaban J connectivity index is 1.56. The standard InChI is InChI=1S/C28H22N2O/c31-25-17-20(18-8-3-1-4-9-18)16-24-28(25)26(19-10-5-2-6-11-19)27-21-12-7-15-29-22(21)13-14-23(27)30-24/h1-15,20,26,30H,16-17H2/t20-,26+/m0/s1. The zero-order valence-corrected chi connectivity index (χ0v) is 17.1. The maximum absolute atomic E-state index is 13.6. The van der Waals surface area contributed by atoms with Gasteiger partial charge in [-0.2, -0.15) is 0 Å². The third-order valence-electron chi connectivity index (χ3n) is 6.60. The lowest BCUT2D eigenvalue weighted by molar-refractivity contribution is -0.116. The second kappa shape index (κ2) is 7.21. The third-order valence-corrected chi connectivity index (χ3v) is 6.60. The number of fused-ring (bicyclic) bond motifs is 3. The molecule has 2 heterocycles. The van der Waals surface area contributed by atoms with Gasteiger partial charge in [-0.3, -0.25) is 9.78 Å². The van der Waals surface area contributed by atoms with E-state index in [9.17, 15) is 4.79 Å². The van der Waals surface area contributed by atoms with E-state index in [0.717, 1.165) is 45.4 Å². The molecule has 150 valence electrons. The fraction of sp³-hybridized carbons (Fsp3) is 0.143. The summed E-state index contributed by atoms with van der Waals surface area (Å²) in [4.78, 5) is 18.2. The Morgan fingerprint density at radius 3 is 2.29 bits per heavy atom. The molecule has 2 atom stereocenters. The average Bonchev–Trinajstić information content (AvgIpc) is 2.83. The number of carbonyl (C=O) groups excluding carboxylic acids is 1. The van der Waals surface area contributed by atoms with Crippen molar-refractivity contribution < 1.29 is 4.79 Å². The fourth-order valence-electron chi connectivity index (χ4n) is 5.23. The molecule has 1 N–H and O–H groups in total. The molecule has 31 heavy (non-hydrogen) atoms. The van der Waals surface area contributed by atoms with Crippen LogP contribution in [0.25, 0.3) is 10.9 Å². The lowest BCUT2D eigenvalue weighted by Gasteiger charge is -2.37. The van der Waals surface area contributed by atoms with Gasteiger partial charge in [-0.15, -0.1) is 0 Å². The van der Waals surface area contributed by atoms with Crippen molar-refractivity contribution >= 4 is 22.4 Å². The first-order valence-electron chi connectivity index (χ1n) is 10.8. The molecule has 0 fully saturated rings. The van der Waals surface area contributed by atoms with Crippen LogP contribution in [0.15, 0.2) is 102 Å². The highest BCUT2D eigenvalue weighted by Gasteiger charge is 2.39. The Kier molecular flexibility index (Phi) is 4.20. The van der Waals surface area contributed by atoms with Crippen LogP contribution in [0.3, 0.4) is 0 Å². The number of rotatable bonds is 2. The van der Waals surface area contributed by atoms with E-state index in [0.29, 0.717) is 6.42 Å². The number of nitrogens with one attached hydrogen (secondary N) is 1. The first-order chi connectivity index (χ1) is 15.3. The van der Waals surface area contributed by atoms with Crippen LogP contribution < -0.4 is 5.32 Å². The first-order valence-corrected chi connectivity index (χ1v) is 10.8. The Morgan fingerprint density at radius 1 is 0.774 bits per heavy atom. The molecular formula is C28H22N2O. The van der Waals surface area contributed by atoms with Gasteiger partial charge in [-0.1, -0.05) is 66.7 Å². The van der Waals surface area contributed by atoms with E-state index in [1.54, 1.807) is 0 Å². The largest absolute Gasteiger partial charge is 0.358 e. The molecule has 1 aromatic heterocycles. The van der Waals surface area contributed by atoms with E-state index in [1.165, 1.54) is 5.56 Å². The molecular weight excluding hydrogens is 380 g/mol. The van der Waals surface area contributed by atoms with Gasteiger partial charge < -0.3 is 5.32 Å². The fourth-order valence-corrected chi connectivity index (χ4v) is 5.23. The van der Waals surface area contributed by atoms with Crippen LogP contribution in [-0.2, 0) is 4.79 Å². The van der Waals surface area contributed by atoms with E-state index in [-0.39, 0.29) is 17.6 Å². The molecule has 0 spiro atoms. The van der Waals surface area contributed by atoms with Gasteiger partial charge in [0.25, 0.3) is 0 Å². The molecule has 2 aliphatic rings. The number of ketones is 1. The van der Waals surface area contributed by atoms with Crippen LogP contribution >= 0.6 is 0 Å². The zero-order valence-electron chi connectivity index (χ0n) is 17.1. The number of hydrogen-bond acceptors (Lipinski definition) is 3. The number of Topliss-reactive ketones (excluding diaryl/α,β-unsaturated/α-hetero) is 1. The van der Waals surface area contributed by atoms with E-state index in [1.807, 2.05) is 24.4 Å². The van der Waals surface area contributed by atoms with Crippen molar-refractivity contribution in [2.75, 3.05) is 5.32 Å². The summed E-state index contributed by atoms with van der Waals surface area (Å²) in [5.74, 6) is 0.368. The molecule has 4 aromatic rings. The quantitative estimate of drug-likeness (QED) is 0.434. The highest BCUT2D eigenvalue weighted by molar-refractivity contribution is 6.04. The van der Waals surface area contributed by atoms with Crippen LogP contribution in [0.1, 0.15) is 41.4 Å². The van der Waals surface area contributed by atoms with E-state index in [4.69, 9.17) is 0 Å². The Morgan fingerprint density at radius 2 is 1.52 bits per heavy atom. The van der Waals surface area contributed by atoms with Gasteiger partial charge in [0.2, 0.25) is 0 Å². The topological polar surface area (TPSA) is 42.0 Å². The summed E-state index contributed by atoms with van der Waals surface area (Å²) in [5, 5.41) is 4.75. The number of pyridine rings is 1. The van der Waals surface area contributed by atoms with Gasteiger partial charge in [-0.25, -0.2) is 0 Å². The molecule has 3 aromatic carbocycles. The summed E-state index contributed by atoms with van der Waals surface area (Å²) in [6.07, 6.45) is 3.22. The van der Waals surface area contributed by atoms with Crippen LogP contribution in [0.2, 0.25) is 0 Å². The van der Waals surface area contributed by atoms with Gasteiger partial charge in [0.05, 0.1) is 5.52 Å². The van der Waals surface area contributed by atoms with Crippen molar-refractivity contribution in [1.82, 2.24) is 4.98 Å². The third kappa shape index (κ3) is 2.97. The molecule has 3 heteroatoms. The van der Waals surface area contributed by atoms with Gasteiger partial charge in [0.1, 0.15) is 0 Å². The molecule has 0 amide bonds. The molecule has 0 radical (unpaired) electrons. The normalized spacial score (nSPS) is 20.2. The molecule has 0 bridgehead atoms. The van der Waals surface area contributed by atoms with Crippen LogP contribution in [0, 0.1) is 0 Å². The van der Waals surface area contributed by atoms with Gasteiger partial charge in [-0.05, 0) is 47.2 Å². The number of benzene rings is 3. The summed E-state index contributed by atoms with van der Waals surface area (Å²) < 4.78 is 0. The van der Waals surface area contributed by atoms with E-state index < -0.39 is 0 Å². The second-order valence-corrected chi connectivity index (χ2v) is 8.40. The van der Waals surface area contributed by atoms with Crippen molar-refractivity contribution in [1.29, 1.82) is 0 Å². The molecule has 0 saturated heterocycles. The number of anilines is 1. The highest BCUT2D eigenvalue weighted by Crippen LogP contribution is 2.49. The van der Waals surface area contributed by atoms with Gasteiger partial charge >= 0.3 is 0 Å². The summed E-state index contributed by atoms with van der Waals surface area (Å²) in [6, 6.07) is 29.1.